The Bertz CT molecular complexity index is 533. The number of hydrogen-bond donors (Lipinski definition) is 2. The van der Waals surface area contributed by atoms with Crippen molar-refractivity contribution in [1.82, 2.24) is 15.1 Å². The minimum atomic E-state index is -0.361. The molecule has 0 unspecified atom stereocenters. The van der Waals surface area contributed by atoms with E-state index >= 15 is 0 Å². The van der Waals surface area contributed by atoms with Crippen molar-refractivity contribution in [2.75, 3.05) is 25.0 Å². The van der Waals surface area contributed by atoms with Crippen molar-refractivity contribution in [1.29, 1.82) is 0 Å². The van der Waals surface area contributed by atoms with Crippen LogP contribution >= 0.6 is 0 Å². The maximum atomic E-state index is 11.2. The molecule has 0 bridgehead atoms. The van der Waals surface area contributed by atoms with E-state index in [4.69, 9.17) is 0 Å². The van der Waals surface area contributed by atoms with E-state index in [1.54, 1.807) is 11.6 Å². The molecule has 1 aromatic heterocycles. The molecular formula is C13H21N5O2. The number of rotatable bonds is 5. The molecule has 0 atom stereocenters. The van der Waals surface area contributed by atoms with E-state index in [2.05, 4.69) is 21.8 Å². The second-order valence-electron chi connectivity index (χ2n) is 5.25. The summed E-state index contributed by atoms with van der Waals surface area (Å²) in [7, 11) is 0. The first-order valence-corrected chi connectivity index (χ1v) is 6.86. The van der Waals surface area contributed by atoms with Crippen LogP contribution in [0.15, 0.2) is 11.6 Å². The number of aryl methyl sites for hydroxylation is 1. The molecule has 7 heteroatoms. The van der Waals surface area contributed by atoms with Gasteiger partial charge in [-0.1, -0.05) is 11.6 Å². The van der Waals surface area contributed by atoms with Crippen LogP contribution in [-0.2, 0) is 0 Å². The number of nitrogens with zero attached hydrogens (tertiary/aromatic N) is 3. The fourth-order valence-electron chi connectivity index (χ4n) is 2.32. The van der Waals surface area contributed by atoms with Crippen molar-refractivity contribution in [3.63, 3.8) is 0 Å². The minimum Gasteiger partial charge on any atom is -0.361 e. The predicted molar refractivity (Wildman–Crippen MR) is 78.1 cm³/mol. The summed E-state index contributed by atoms with van der Waals surface area (Å²) in [5.41, 5.74) is 1.80. The topological polar surface area (TPSA) is 85.0 Å². The van der Waals surface area contributed by atoms with E-state index in [1.165, 1.54) is 5.57 Å². The highest BCUT2D eigenvalue weighted by molar-refractivity contribution is 5.60. The van der Waals surface area contributed by atoms with Crippen LogP contribution < -0.4 is 10.6 Å². The van der Waals surface area contributed by atoms with Crippen molar-refractivity contribution in [3.8, 4) is 0 Å². The average Bonchev–Trinajstić information content (AvgIpc) is 2.74. The first-order chi connectivity index (χ1) is 9.50. The molecule has 2 N–H and O–H groups in total. The Morgan fingerprint density at radius 2 is 2.35 bits per heavy atom. The minimum absolute atomic E-state index is 0.0758. The van der Waals surface area contributed by atoms with E-state index in [0.29, 0.717) is 18.1 Å². The van der Waals surface area contributed by atoms with Crippen molar-refractivity contribution in [3.05, 3.63) is 27.5 Å². The maximum absolute atomic E-state index is 11.2. The third-order valence-electron chi connectivity index (χ3n) is 3.37. The zero-order valence-corrected chi connectivity index (χ0v) is 12.1. The monoisotopic (exact) mass is 279 g/mol. The molecule has 0 spiro atoms. The van der Waals surface area contributed by atoms with Gasteiger partial charge in [0.15, 0.2) is 0 Å². The lowest BCUT2D eigenvalue weighted by Crippen LogP contribution is -2.23. The van der Waals surface area contributed by atoms with Crippen molar-refractivity contribution < 1.29 is 4.92 Å². The first-order valence-electron chi connectivity index (χ1n) is 6.86. The maximum Gasteiger partial charge on any atom is 0.333 e. The summed E-state index contributed by atoms with van der Waals surface area (Å²) < 4.78 is 1.69. The SMILES string of the molecule is Cc1nn(C(C)C)c(NCC2=CCNCC2)c1[N+](=O)[O-]. The van der Waals surface area contributed by atoms with Gasteiger partial charge in [-0.05, 0) is 33.7 Å². The average molecular weight is 279 g/mol. The lowest BCUT2D eigenvalue weighted by Gasteiger charge is -2.16. The number of anilines is 1. The lowest BCUT2D eigenvalue weighted by atomic mass is 10.1. The van der Waals surface area contributed by atoms with Gasteiger partial charge in [-0.15, -0.1) is 0 Å². The van der Waals surface area contributed by atoms with Crippen LogP contribution in [0.4, 0.5) is 11.5 Å². The van der Waals surface area contributed by atoms with Gasteiger partial charge in [0.2, 0.25) is 5.82 Å². The Kier molecular flexibility index (Phi) is 4.39. The van der Waals surface area contributed by atoms with Crippen LogP contribution in [-0.4, -0.2) is 34.3 Å². The van der Waals surface area contributed by atoms with E-state index in [-0.39, 0.29) is 16.7 Å². The Morgan fingerprint density at radius 1 is 1.60 bits per heavy atom. The summed E-state index contributed by atoms with van der Waals surface area (Å²) in [6.07, 6.45) is 3.10. The largest absolute Gasteiger partial charge is 0.361 e. The van der Waals surface area contributed by atoms with E-state index in [0.717, 1.165) is 19.5 Å². The Balaban J connectivity index is 2.24. The number of hydrogen-bond acceptors (Lipinski definition) is 5. The molecule has 0 fully saturated rings. The molecule has 1 aromatic rings. The quantitative estimate of drug-likeness (QED) is 0.489. The van der Waals surface area contributed by atoms with E-state index in [1.807, 2.05) is 13.8 Å². The normalized spacial score (nSPS) is 15.3. The van der Waals surface area contributed by atoms with Crippen LogP contribution in [0, 0.1) is 17.0 Å². The van der Waals surface area contributed by atoms with Crippen molar-refractivity contribution >= 4 is 11.5 Å². The standard InChI is InChI=1S/C13H21N5O2/c1-9(2)17-13(12(18(19)20)10(3)16-17)15-8-11-4-6-14-7-5-11/h4,9,14-15H,5-8H2,1-3H3. The smallest absolute Gasteiger partial charge is 0.333 e. The molecule has 0 radical (unpaired) electrons. The van der Waals surface area contributed by atoms with Gasteiger partial charge in [-0.2, -0.15) is 5.10 Å². The molecular weight excluding hydrogens is 258 g/mol. The number of nitro groups is 1. The third-order valence-corrected chi connectivity index (χ3v) is 3.37. The number of aromatic nitrogens is 2. The Morgan fingerprint density at radius 3 is 2.90 bits per heavy atom. The highest BCUT2D eigenvalue weighted by Gasteiger charge is 2.26. The fourth-order valence-corrected chi connectivity index (χ4v) is 2.32. The van der Waals surface area contributed by atoms with Gasteiger partial charge in [0.25, 0.3) is 0 Å². The highest BCUT2D eigenvalue weighted by Crippen LogP contribution is 2.30. The summed E-state index contributed by atoms with van der Waals surface area (Å²) in [6, 6.07) is 0.0758. The van der Waals surface area contributed by atoms with Crippen LogP contribution in [0.1, 0.15) is 32.0 Å². The summed E-state index contributed by atoms with van der Waals surface area (Å²) in [4.78, 5) is 10.9. The van der Waals surface area contributed by atoms with Crippen LogP contribution in [0.2, 0.25) is 0 Å². The van der Waals surface area contributed by atoms with Crippen LogP contribution in [0.25, 0.3) is 0 Å². The van der Waals surface area contributed by atoms with Gasteiger partial charge in [0.05, 0.1) is 4.92 Å². The molecule has 2 heterocycles. The Hall–Kier alpha value is -1.89. The van der Waals surface area contributed by atoms with Crippen molar-refractivity contribution in [2.45, 2.75) is 33.2 Å². The summed E-state index contributed by atoms with van der Waals surface area (Å²) in [5.74, 6) is 0.502. The van der Waals surface area contributed by atoms with Gasteiger partial charge in [-0.25, -0.2) is 4.68 Å². The van der Waals surface area contributed by atoms with Gasteiger partial charge >= 0.3 is 5.69 Å². The lowest BCUT2D eigenvalue weighted by molar-refractivity contribution is -0.384. The predicted octanol–water partition coefficient (Wildman–Crippen LogP) is 2.01. The zero-order valence-electron chi connectivity index (χ0n) is 12.1. The fraction of sp³-hybridized carbons (Fsp3) is 0.615. The summed E-state index contributed by atoms with van der Waals surface area (Å²) in [5, 5.41) is 21.9. The molecule has 7 nitrogen and oxygen atoms in total. The van der Waals surface area contributed by atoms with Crippen LogP contribution in [0.5, 0.6) is 0 Å². The van der Waals surface area contributed by atoms with Crippen molar-refractivity contribution in [2.24, 2.45) is 0 Å². The first kappa shape index (κ1) is 14.5. The molecule has 0 saturated heterocycles. The second-order valence-corrected chi connectivity index (χ2v) is 5.25. The molecule has 1 aliphatic heterocycles. The van der Waals surface area contributed by atoms with Gasteiger partial charge < -0.3 is 10.6 Å². The number of nitrogens with one attached hydrogen (secondary N) is 2. The zero-order chi connectivity index (χ0) is 14.7. The molecule has 110 valence electrons. The van der Waals surface area contributed by atoms with E-state index in [9.17, 15) is 10.1 Å². The Labute approximate surface area is 118 Å². The second kappa shape index (κ2) is 6.04. The van der Waals surface area contributed by atoms with Gasteiger partial charge in [-0.3, -0.25) is 10.1 Å². The molecule has 0 aromatic carbocycles. The van der Waals surface area contributed by atoms with Crippen LogP contribution in [0.3, 0.4) is 0 Å². The molecule has 1 aliphatic rings. The highest BCUT2D eigenvalue weighted by atomic mass is 16.6. The summed E-state index contributed by atoms with van der Waals surface area (Å²) in [6.45, 7) is 8.04. The van der Waals surface area contributed by atoms with Gasteiger partial charge in [0, 0.05) is 19.1 Å². The summed E-state index contributed by atoms with van der Waals surface area (Å²) >= 11 is 0. The molecule has 0 saturated carbocycles. The molecule has 0 amide bonds. The molecule has 2 rings (SSSR count). The third kappa shape index (κ3) is 2.98. The molecule has 0 aliphatic carbocycles. The van der Waals surface area contributed by atoms with Gasteiger partial charge in [0.1, 0.15) is 5.69 Å². The van der Waals surface area contributed by atoms with E-state index < -0.39 is 0 Å². The molecule has 20 heavy (non-hydrogen) atoms.